The van der Waals surface area contributed by atoms with Crippen LogP contribution in [-0.4, -0.2) is 4.98 Å². The Balaban J connectivity index is 2.24. The van der Waals surface area contributed by atoms with Gasteiger partial charge in [0.1, 0.15) is 12.0 Å². The number of oxazole rings is 1. The van der Waals surface area contributed by atoms with Gasteiger partial charge < -0.3 is 4.42 Å². The van der Waals surface area contributed by atoms with Crippen molar-refractivity contribution in [2.24, 2.45) is 0 Å². The topological polar surface area (TPSA) is 26.0 Å². The van der Waals surface area contributed by atoms with E-state index in [4.69, 9.17) is 4.42 Å². The summed E-state index contributed by atoms with van der Waals surface area (Å²) in [6.07, 6.45) is 3.93. The van der Waals surface area contributed by atoms with Gasteiger partial charge in [0.2, 0.25) is 0 Å². The molecule has 2 aromatic rings. The van der Waals surface area contributed by atoms with Crippen molar-refractivity contribution in [2.45, 2.75) is 32.6 Å². The van der Waals surface area contributed by atoms with Gasteiger partial charge in [-0.2, -0.15) is 11.3 Å². The zero-order valence-electron chi connectivity index (χ0n) is 9.06. The van der Waals surface area contributed by atoms with E-state index < -0.39 is 0 Å². The third-order valence-electron chi connectivity index (χ3n) is 2.67. The van der Waals surface area contributed by atoms with E-state index in [9.17, 15) is 0 Å². The van der Waals surface area contributed by atoms with Crippen LogP contribution in [0.3, 0.4) is 0 Å². The van der Waals surface area contributed by atoms with E-state index >= 15 is 0 Å². The average molecular weight is 221 g/mol. The highest BCUT2D eigenvalue weighted by molar-refractivity contribution is 7.08. The quantitative estimate of drug-likeness (QED) is 0.769. The van der Waals surface area contributed by atoms with Crippen LogP contribution in [0.15, 0.2) is 27.5 Å². The lowest BCUT2D eigenvalue weighted by atomic mass is 10.0. The average Bonchev–Trinajstić information content (AvgIpc) is 2.89. The number of nitrogens with zero attached hydrogens (tertiary/aromatic N) is 1. The summed E-state index contributed by atoms with van der Waals surface area (Å²) in [7, 11) is 0. The zero-order chi connectivity index (χ0) is 10.7. The number of aromatic nitrogens is 1. The molecule has 0 aliphatic heterocycles. The second-order valence-corrected chi connectivity index (χ2v) is 4.38. The second kappa shape index (κ2) is 4.62. The third kappa shape index (κ3) is 2.12. The zero-order valence-corrected chi connectivity index (χ0v) is 9.88. The molecule has 0 atom stereocenters. The minimum Gasteiger partial charge on any atom is -0.448 e. The molecule has 2 heterocycles. The molecule has 0 aliphatic rings. The lowest BCUT2D eigenvalue weighted by Crippen LogP contribution is -1.95. The van der Waals surface area contributed by atoms with Crippen LogP contribution in [0.2, 0.25) is 0 Å². The van der Waals surface area contributed by atoms with E-state index in [1.54, 1.807) is 17.6 Å². The summed E-state index contributed by atoms with van der Waals surface area (Å²) in [4.78, 5) is 4.53. The molecular weight excluding hydrogens is 206 g/mol. The van der Waals surface area contributed by atoms with Crippen molar-refractivity contribution >= 4 is 11.3 Å². The van der Waals surface area contributed by atoms with E-state index in [0.717, 1.165) is 30.0 Å². The minimum absolute atomic E-state index is 0.456. The summed E-state index contributed by atoms with van der Waals surface area (Å²) in [5.74, 6) is 1.33. The Hall–Kier alpha value is -1.09. The standard InChI is InChI=1S/C12H15NOS/c1-3-9(4-2)12-13-11(7-14-12)10-5-6-15-8-10/h5-9H,3-4H2,1-2H3. The van der Waals surface area contributed by atoms with Gasteiger partial charge in [0.25, 0.3) is 0 Å². The van der Waals surface area contributed by atoms with Gasteiger partial charge in [-0.3, -0.25) is 0 Å². The van der Waals surface area contributed by atoms with E-state index in [1.165, 1.54) is 0 Å². The van der Waals surface area contributed by atoms with Gasteiger partial charge in [0.15, 0.2) is 5.89 Å². The van der Waals surface area contributed by atoms with Crippen molar-refractivity contribution in [3.8, 4) is 11.3 Å². The summed E-state index contributed by atoms with van der Waals surface area (Å²) in [5.41, 5.74) is 2.11. The van der Waals surface area contributed by atoms with Gasteiger partial charge >= 0.3 is 0 Å². The second-order valence-electron chi connectivity index (χ2n) is 3.60. The number of rotatable bonds is 4. The number of hydrogen-bond acceptors (Lipinski definition) is 3. The molecule has 0 N–H and O–H groups in total. The molecule has 15 heavy (non-hydrogen) atoms. The molecule has 0 fully saturated rings. The summed E-state index contributed by atoms with van der Waals surface area (Å²) < 4.78 is 5.53. The van der Waals surface area contributed by atoms with Crippen LogP contribution in [0, 0.1) is 0 Å². The Morgan fingerprint density at radius 3 is 2.80 bits per heavy atom. The van der Waals surface area contributed by atoms with Crippen molar-refractivity contribution in [3.63, 3.8) is 0 Å². The largest absolute Gasteiger partial charge is 0.448 e. The Morgan fingerprint density at radius 1 is 1.40 bits per heavy atom. The molecule has 2 rings (SSSR count). The monoisotopic (exact) mass is 221 g/mol. The third-order valence-corrected chi connectivity index (χ3v) is 3.36. The van der Waals surface area contributed by atoms with Crippen LogP contribution in [-0.2, 0) is 0 Å². The fourth-order valence-electron chi connectivity index (χ4n) is 1.66. The molecule has 2 aromatic heterocycles. The number of hydrogen-bond donors (Lipinski definition) is 0. The Kier molecular flexibility index (Phi) is 3.21. The first-order valence-electron chi connectivity index (χ1n) is 5.33. The molecule has 0 bridgehead atoms. The molecule has 3 heteroatoms. The molecule has 0 saturated carbocycles. The molecule has 0 saturated heterocycles. The molecule has 0 aromatic carbocycles. The van der Waals surface area contributed by atoms with E-state index in [0.29, 0.717) is 5.92 Å². The lowest BCUT2D eigenvalue weighted by Gasteiger charge is -2.05. The van der Waals surface area contributed by atoms with Crippen LogP contribution in [0.4, 0.5) is 0 Å². The van der Waals surface area contributed by atoms with Gasteiger partial charge in [-0.1, -0.05) is 13.8 Å². The predicted octanol–water partition coefficient (Wildman–Crippen LogP) is 4.31. The summed E-state index contributed by atoms with van der Waals surface area (Å²) in [5, 5.41) is 4.15. The maximum absolute atomic E-state index is 5.53. The van der Waals surface area contributed by atoms with E-state index in [1.807, 2.05) is 0 Å². The van der Waals surface area contributed by atoms with Crippen LogP contribution >= 0.6 is 11.3 Å². The Bertz CT molecular complexity index is 401. The Morgan fingerprint density at radius 2 is 2.20 bits per heavy atom. The van der Waals surface area contributed by atoms with Gasteiger partial charge in [0, 0.05) is 16.9 Å². The Labute approximate surface area is 94.0 Å². The normalized spacial score (nSPS) is 11.1. The summed E-state index contributed by atoms with van der Waals surface area (Å²) >= 11 is 1.68. The molecule has 0 unspecified atom stereocenters. The van der Waals surface area contributed by atoms with Gasteiger partial charge in [-0.15, -0.1) is 0 Å². The van der Waals surface area contributed by atoms with Crippen LogP contribution < -0.4 is 0 Å². The highest BCUT2D eigenvalue weighted by Crippen LogP contribution is 2.27. The first kappa shape index (κ1) is 10.4. The predicted molar refractivity (Wildman–Crippen MR) is 63.1 cm³/mol. The molecule has 80 valence electrons. The fraction of sp³-hybridized carbons (Fsp3) is 0.417. The molecule has 0 amide bonds. The van der Waals surface area contributed by atoms with Gasteiger partial charge in [-0.05, 0) is 24.3 Å². The smallest absolute Gasteiger partial charge is 0.197 e. The maximum Gasteiger partial charge on any atom is 0.197 e. The van der Waals surface area contributed by atoms with E-state index in [2.05, 4.69) is 35.7 Å². The van der Waals surface area contributed by atoms with Crippen molar-refractivity contribution in [2.75, 3.05) is 0 Å². The van der Waals surface area contributed by atoms with Crippen molar-refractivity contribution in [1.29, 1.82) is 0 Å². The summed E-state index contributed by atoms with van der Waals surface area (Å²) in [6, 6.07) is 2.07. The molecule has 2 nitrogen and oxygen atoms in total. The van der Waals surface area contributed by atoms with Crippen molar-refractivity contribution < 1.29 is 4.42 Å². The highest BCUT2D eigenvalue weighted by Gasteiger charge is 2.14. The fourth-order valence-corrected chi connectivity index (χ4v) is 2.31. The maximum atomic E-state index is 5.53. The first-order valence-corrected chi connectivity index (χ1v) is 6.27. The lowest BCUT2D eigenvalue weighted by molar-refractivity contribution is 0.431. The van der Waals surface area contributed by atoms with Gasteiger partial charge in [0.05, 0.1) is 0 Å². The molecular formula is C12H15NOS. The molecule has 0 radical (unpaired) electrons. The van der Waals surface area contributed by atoms with Crippen molar-refractivity contribution in [3.05, 3.63) is 29.0 Å². The first-order chi connectivity index (χ1) is 7.35. The summed E-state index contributed by atoms with van der Waals surface area (Å²) in [6.45, 7) is 4.34. The minimum atomic E-state index is 0.456. The van der Waals surface area contributed by atoms with Gasteiger partial charge in [-0.25, -0.2) is 4.98 Å². The number of thiophene rings is 1. The molecule has 0 aliphatic carbocycles. The molecule has 0 spiro atoms. The van der Waals surface area contributed by atoms with Crippen molar-refractivity contribution in [1.82, 2.24) is 4.98 Å². The van der Waals surface area contributed by atoms with Crippen LogP contribution in [0.25, 0.3) is 11.3 Å². The van der Waals surface area contributed by atoms with Crippen LogP contribution in [0.5, 0.6) is 0 Å². The SMILES string of the molecule is CCC(CC)c1nc(-c2ccsc2)co1. The van der Waals surface area contributed by atoms with E-state index in [-0.39, 0.29) is 0 Å². The van der Waals surface area contributed by atoms with Crippen LogP contribution in [0.1, 0.15) is 38.5 Å². The highest BCUT2D eigenvalue weighted by atomic mass is 32.1.